The van der Waals surface area contributed by atoms with E-state index in [1.807, 2.05) is 31.2 Å². The Morgan fingerprint density at radius 2 is 1.81 bits per heavy atom. The van der Waals surface area contributed by atoms with Crippen LogP contribution in [0.15, 0.2) is 73.3 Å². The molecule has 4 rings (SSSR count). The molecule has 184 valence electrons. The monoisotopic (exact) mass is 488 g/mol. The Morgan fingerprint density at radius 1 is 1.08 bits per heavy atom. The molecule has 2 aromatic carbocycles. The summed E-state index contributed by atoms with van der Waals surface area (Å²) in [5.74, 6) is -1.10. The number of rotatable bonds is 9. The molecular formula is C26H25FN6O3. The molecule has 0 aliphatic heterocycles. The number of hydrogen-bond donors (Lipinski definition) is 2. The highest BCUT2D eigenvalue weighted by atomic mass is 19.1. The molecule has 2 amide bonds. The van der Waals surface area contributed by atoms with Gasteiger partial charge in [-0.1, -0.05) is 36.4 Å². The van der Waals surface area contributed by atoms with Crippen LogP contribution < -0.4 is 15.4 Å². The van der Waals surface area contributed by atoms with Gasteiger partial charge in [-0.25, -0.2) is 14.4 Å². The van der Waals surface area contributed by atoms with Crippen molar-refractivity contribution in [1.82, 2.24) is 30.4 Å². The second-order valence-corrected chi connectivity index (χ2v) is 8.05. The molecule has 4 aromatic rings. The van der Waals surface area contributed by atoms with E-state index in [-0.39, 0.29) is 36.1 Å². The second kappa shape index (κ2) is 11.2. The number of hydrogen-bond acceptors (Lipinski definition) is 6. The fraction of sp³-hybridized carbons (Fsp3) is 0.192. The number of carbonyl (C=O) groups is 2. The van der Waals surface area contributed by atoms with Gasteiger partial charge in [0.25, 0.3) is 5.91 Å². The minimum absolute atomic E-state index is 0.00452. The summed E-state index contributed by atoms with van der Waals surface area (Å²) < 4.78 is 20.9. The van der Waals surface area contributed by atoms with Crippen LogP contribution in [-0.4, -0.2) is 38.7 Å². The third kappa shape index (κ3) is 5.72. The van der Waals surface area contributed by atoms with Crippen LogP contribution in [0.4, 0.5) is 4.39 Å². The highest BCUT2D eigenvalue weighted by molar-refractivity contribution is 5.93. The zero-order valence-electron chi connectivity index (χ0n) is 19.8. The summed E-state index contributed by atoms with van der Waals surface area (Å²) >= 11 is 0. The summed E-state index contributed by atoms with van der Waals surface area (Å²) in [7, 11) is 1.41. The minimum atomic E-state index is -0.629. The third-order valence-electron chi connectivity index (χ3n) is 5.56. The first kappa shape index (κ1) is 24.5. The number of halogens is 1. The third-order valence-corrected chi connectivity index (χ3v) is 5.56. The van der Waals surface area contributed by atoms with Crippen LogP contribution in [0.3, 0.4) is 0 Å². The summed E-state index contributed by atoms with van der Waals surface area (Å²) in [6.07, 6.45) is 4.65. The summed E-state index contributed by atoms with van der Waals surface area (Å²) in [6.45, 7) is 2.17. The van der Waals surface area contributed by atoms with Crippen LogP contribution in [0.2, 0.25) is 0 Å². The van der Waals surface area contributed by atoms with E-state index in [4.69, 9.17) is 4.74 Å². The summed E-state index contributed by atoms with van der Waals surface area (Å²) in [4.78, 5) is 33.9. The lowest BCUT2D eigenvalue weighted by atomic mass is 9.98. The normalized spacial score (nSPS) is 11.5. The highest BCUT2D eigenvalue weighted by Gasteiger charge is 2.24. The summed E-state index contributed by atoms with van der Waals surface area (Å²) in [5.41, 5.74) is 2.64. The maximum atomic E-state index is 14.3. The topological polar surface area (TPSA) is 111 Å². The average molecular weight is 489 g/mol. The van der Waals surface area contributed by atoms with Crippen molar-refractivity contribution in [1.29, 1.82) is 0 Å². The largest absolute Gasteiger partial charge is 0.481 e. The lowest BCUT2D eigenvalue weighted by Crippen LogP contribution is -2.34. The van der Waals surface area contributed by atoms with Crippen LogP contribution in [0.1, 0.15) is 39.6 Å². The molecule has 9 nitrogen and oxygen atoms in total. The first-order valence-electron chi connectivity index (χ1n) is 11.2. The van der Waals surface area contributed by atoms with Gasteiger partial charge in [-0.3, -0.25) is 9.59 Å². The number of para-hydroxylation sites is 1. The molecule has 2 heterocycles. The smallest absolute Gasteiger partial charge is 0.272 e. The van der Waals surface area contributed by atoms with Crippen molar-refractivity contribution in [3.63, 3.8) is 0 Å². The second-order valence-electron chi connectivity index (χ2n) is 8.05. The Hall–Kier alpha value is -4.60. The van der Waals surface area contributed by atoms with Gasteiger partial charge in [-0.2, -0.15) is 9.78 Å². The van der Waals surface area contributed by atoms with Crippen LogP contribution >= 0.6 is 0 Å². The van der Waals surface area contributed by atoms with E-state index in [2.05, 4.69) is 25.7 Å². The SMILES string of the molecule is COc1cc(C(=O)N[C@@H](CC(=O)NCc2cncnc2)c2ccccc2C)nn1-c1ccccc1F. The van der Waals surface area contributed by atoms with E-state index < -0.39 is 17.8 Å². The Kier molecular flexibility index (Phi) is 7.64. The van der Waals surface area contributed by atoms with Crippen LogP contribution in [0.5, 0.6) is 5.88 Å². The lowest BCUT2D eigenvalue weighted by Gasteiger charge is -2.20. The van der Waals surface area contributed by atoms with Crippen molar-refractivity contribution in [3.05, 3.63) is 102 Å². The predicted molar refractivity (Wildman–Crippen MR) is 130 cm³/mol. The molecule has 2 aromatic heterocycles. The van der Waals surface area contributed by atoms with E-state index in [0.29, 0.717) is 0 Å². The number of carbonyl (C=O) groups excluding carboxylic acids is 2. The zero-order valence-corrected chi connectivity index (χ0v) is 19.8. The molecular weight excluding hydrogens is 463 g/mol. The van der Waals surface area contributed by atoms with E-state index in [0.717, 1.165) is 16.7 Å². The number of benzene rings is 2. The van der Waals surface area contributed by atoms with Gasteiger partial charge in [-0.15, -0.1) is 0 Å². The van der Waals surface area contributed by atoms with E-state index in [9.17, 15) is 14.0 Å². The maximum Gasteiger partial charge on any atom is 0.272 e. The molecule has 36 heavy (non-hydrogen) atoms. The number of aromatic nitrogens is 4. The molecule has 0 aliphatic rings. The number of aryl methyl sites for hydroxylation is 1. The molecule has 0 spiro atoms. The number of methoxy groups -OCH3 is 1. The Labute approximate surface area is 207 Å². The van der Waals surface area contributed by atoms with Gasteiger partial charge in [-0.05, 0) is 30.2 Å². The molecule has 0 unspecified atom stereocenters. The van der Waals surface area contributed by atoms with Gasteiger partial charge in [0.15, 0.2) is 5.69 Å². The van der Waals surface area contributed by atoms with Gasteiger partial charge in [0.1, 0.15) is 17.8 Å². The van der Waals surface area contributed by atoms with E-state index in [1.54, 1.807) is 24.5 Å². The van der Waals surface area contributed by atoms with E-state index >= 15 is 0 Å². The highest BCUT2D eigenvalue weighted by Crippen LogP contribution is 2.24. The van der Waals surface area contributed by atoms with Crippen molar-refractivity contribution in [2.24, 2.45) is 0 Å². The molecule has 0 radical (unpaired) electrons. The van der Waals surface area contributed by atoms with Gasteiger partial charge < -0.3 is 15.4 Å². The number of nitrogens with zero attached hydrogens (tertiary/aromatic N) is 4. The van der Waals surface area contributed by atoms with Crippen LogP contribution in [0.25, 0.3) is 5.69 Å². The number of nitrogens with one attached hydrogen (secondary N) is 2. The van der Waals surface area contributed by atoms with Crippen LogP contribution in [0, 0.1) is 12.7 Å². The number of amides is 2. The van der Waals surface area contributed by atoms with Crippen molar-refractivity contribution < 1.29 is 18.7 Å². The van der Waals surface area contributed by atoms with Crippen molar-refractivity contribution in [2.45, 2.75) is 25.9 Å². The summed E-state index contributed by atoms with van der Waals surface area (Å²) in [5, 5.41) is 9.99. The fourth-order valence-electron chi connectivity index (χ4n) is 3.74. The zero-order chi connectivity index (χ0) is 25.5. The van der Waals surface area contributed by atoms with E-state index in [1.165, 1.54) is 36.3 Å². The van der Waals surface area contributed by atoms with Crippen molar-refractivity contribution in [3.8, 4) is 11.6 Å². The average Bonchev–Trinajstić information content (AvgIpc) is 3.33. The van der Waals surface area contributed by atoms with Gasteiger partial charge in [0, 0.05) is 30.6 Å². The number of ether oxygens (including phenoxy) is 1. The molecule has 0 saturated heterocycles. The van der Waals surface area contributed by atoms with Crippen LogP contribution in [-0.2, 0) is 11.3 Å². The van der Waals surface area contributed by atoms with Gasteiger partial charge in [0.2, 0.25) is 11.8 Å². The minimum Gasteiger partial charge on any atom is -0.481 e. The van der Waals surface area contributed by atoms with Gasteiger partial charge in [0.05, 0.1) is 19.6 Å². The Morgan fingerprint density at radius 3 is 2.53 bits per heavy atom. The summed E-state index contributed by atoms with van der Waals surface area (Å²) in [6, 6.07) is 14.3. The van der Waals surface area contributed by atoms with Crippen molar-refractivity contribution >= 4 is 11.8 Å². The quantitative estimate of drug-likeness (QED) is 0.374. The lowest BCUT2D eigenvalue weighted by molar-refractivity contribution is -0.121. The first-order chi connectivity index (χ1) is 17.5. The molecule has 0 aliphatic carbocycles. The maximum absolute atomic E-state index is 14.3. The van der Waals surface area contributed by atoms with Crippen molar-refractivity contribution in [2.75, 3.05) is 7.11 Å². The first-order valence-corrected chi connectivity index (χ1v) is 11.2. The molecule has 10 heteroatoms. The predicted octanol–water partition coefficient (Wildman–Crippen LogP) is 3.30. The Balaban J connectivity index is 1.55. The van der Waals surface area contributed by atoms with Gasteiger partial charge >= 0.3 is 0 Å². The molecule has 1 atom stereocenters. The molecule has 2 N–H and O–H groups in total. The molecule has 0 saturated carbocycles. The Bertz CT molecular complexity index is 1360. The molecule has 0 fully saturated rings. The fourth-order valence-corrected chi connectivity index (χ4v) is 3.74. The molecule has 0 bridgehead atoms. The standard InChI is InChI=1S/C26H25FN6O3/c1-17-7-3-4-8-19(17)21(11-24(34)30-15-18-13-28-16-29-14-18)31-26(35)22-12-25(36-2)33(32-22)23-10-6-5-9-20(23)27/h3-10,12-14,16,21H,11,15H2,1-2H3,(H,30,34)(H,31,35)/t21-/m0/s1.